The molecule has 0 aliphatic carbocycles. The first-order chi connectivity index (χ1) is 12.9. The van der Waals surface area contributed by atoms with Crippen LogP contribution in [0.25, 0.3) is 6.08 Å². The normalized spacial score (nSPS) is 20.5. The Morgan fingerprint density at radius 1 is 1.07 bits per heavy atom. The van der Waals surface area contributed by atoms with Crippen molar-refractivity contribution in [3.05, 3.63) is 34.9 Å². The van der Waals surface area contributed by atoms with Crippen molar-refractivity contribution < 1.29 is 23.8 Å². The van der Waals surface area contributed by atoms with Crippen LogP contribution in [0.4, 0.5) is 0 Å². The number of hydrogen-bond acceptors (Lipinski definition) is 6. The maximum atomic E-state index is 12.3. The zero-order valence-corrected chi connectivity index (χ0v) is 16.2. The number of nitrogens with zero attached hydrogens (tertiary/aromatic N) is 1. The summed E-state index contributed by atoms with van der Waals surface area (Å²) < 4.78 is 15.8. The molecule has 1 aromatic rings. The Morgan fingerprint density at radius 2 is 1.70 bits per heavy atom. The molecule has 6 heteroatoms. The summed E-state index contributed by atoms with van der Waals surface area (Å²) in [6.45, 7) is 5.92. The van der Waals surface area contributed by atoms with Crippen LogP contribution in [0, 0.1) is 0 Å². The van der Waals surface area contributed by atoms with Crippen molar-refractivity contribution in [1.29, 1.82) is 0 Å². The molecule has 0 saturated carbocycles. The van der Waals surface area contributed by atoms with Crippen molar-refractivity contribution in [1.82, 2.24) is 4.90 Å². The number of hydrogen-bond donors (Lipinski definition) is 0. The van der Waals surface area contributed by atoms with Crippen LogP contribution in [0.5, 0.6) is 5.75 Å². The zero-order chi connectivity index (χ0) is 19.4. The van der Waals surface area contributed by atoms with E-state index in [9.17, 15) is 9.59 Å². The molecular formula is C21H27NO5. The molecule has 0 aromatic heterocycles. The highest BCUT2D eigenvalue weighted by Crippen LogP contribution is 2.27. The third-order valence-corrected chi connectivity index (χ3v) is 4.86. The average molecular weight is 373 g/mol. The zero-order valence-electron chi connectivity index (χ0n) is 16.2. The highest BCUT2D eigenvalue weighted by atomic mass is 16.7. The number of ether oxygens (including phenoxy) is 3. The molecular weight excluding hydrogens is 346 g/mol. The number of benzene rings is 1. The number of likely N-dealkylation sites (tertiary alicyclic amines) is 1. The first-order valence-electron chi connectivity index (χ1n) is 9.45. The van der Waals surface area contributed by atoms with Gasteiger partial charge in [0.25, 0.3) is 5.79 Å². The summed E-state index contributed by atoms with van der Waals surface area (Å²) in [6, 6.07) is 5.64. The highest BCUT2D eigenvalue weighted by molar-refractivity contribution is 6.18. The van der Waals surface area contributed by atoms with Gasteiger partial charge in [-0.2, -0.15) is 0 Å². The van der Waals surface area contributed by atoms with Gasteiger partial charge in [0.2, 0.25) is 0 Å². The van der Waals surface area contributed by atoms with E-state index in [4.69, 9.17) is 14.2 Å². The molecule has 0 radical (unpaired) electrons. The van der Waals surface area contributed by atoms with E-state index in [0.29, 0.717) is 0 Å². The molecule has 2 fully saturated rings. The minimum Gasteiger partial charge on any atom is -0.497 e. The molecule has 0 spiro atoms. The maximum absolute atomic E-state index is 12.3. The Labute approximate surface area is 160 Å². The molecule has 146 valence electrons. The average Bonchev–Trinajstić information content (AvgIpc) is 2.87. The van der Waals surface area contributed by atoms with Gasteiger partial charge >= 0.3 is 11.9 Å². The van der Waals surface area contributed by atoms with Crippen LogP contribution in [-0.2, 0) is 25.6 Å². The number of esters is 2. The molecule has 2 heterocycles. The van der Waals surface area contributed by atoms with E-state index in [0.717, 1.165) is 36.5 Å². The molecule has 2 aliphatic heterocycles. The number of rotatable bonds is 4. The molecule has 0 atom stereocenters. The Hall–Kier alpha value is -2.34. The minimum atomic E-state index is -1.24. The van der Waals surface area contributed by atoms with E-state index in [1.807, 2.05) is 18.2 Å². The summed E-state index contributed by atoms with van der Waals surface area (Å²) in [7, 11) is 1.63. The molecule has 6 nitrogen and oxygen atoms in total. The van der Waals surface area contributed by atoms with Gasteiger partial charge in [0, 0.05) is 20.4 Å². The van der Waals surface area contributed by atoms with Gasteiger partial charge < -0.3 is 14.2 Å². The molecule has 0 bridgehead atoms. The first-order valence-corrected chi connectivity index (χ1v) is 9.45. The minimum absolute atomic E-state index is 0.0865. The van der Waals surface area contributed by atoms with Crippen LogP contribution < -0.4 is 4.74 Å². The molecule has 27 heavy (non-hydrogen) atoms. The van der Waals surface area contributed by atoms with Gasteiger partial charge in [-0.15, -0.1) is 0 Å². The van der Waals surface area contributed by atoms with Crippen LogP contribution in [-0.4, -0.2) is 42.8 Å². The summed E-state index contributed by atoms with van der Waals surface area (Å²) >= 11 is 0. The second kappa shape index (κ2) is 8.13. The van der Waals surface area contributed by atoms with Crippen molar-refractivity contribution in [3.8, 4) is 5.75 Å². The summed E-state index contributed by atoms with van der Waals surface area (Å²) in [5.74, 6) is -1.81. The van der Waals surface area contributed by atoms with Gasteiger partial charge in [0.15, 0.2) is 0 Å². The third-order valence-electron chi connectivity index (χ3n) is 4.86. The van der Waals surface area contributed by atoms with E-state index in [2.05, 4.69) is 4.90 Å². The summed E-state index contributed by atoms with van der Waals surface area (Å²) in [5, 5.41) is 0. The largest absolute Gasteiger partial charge is 0.497 e. The van der Waals surface area contributed by atoms with Crippen molar-refractivity contribution in [2.75, 3.05) is 20.2 Å². The van der Waals surface area contributed by atoms with Gasteiger partial charge in [0.05, 0.1) is 7.11 Å². The predicted octanol–water partition coefficient (Wildman–Crippen LogP) is 3.29. The molecule has 0 unspecified atom stereocenters. The van der Waals surface area contributed by atoms with E-state index in [1.165, 1.54) is 39.5 Å². The second-order valence-corrected chi connectivity index (χ2v) is 7.49. The fourth-order valence-electron chi connectivity index (χ4n) is 3.46. The number of methoxy groups -OCH3 is 1. The summed E-state index contributed by atoms with van der Waals surface area (Å²) in [4.78, 5) is 26.9. The van der Waals surface area contributed by atoms with E-state index >= 15 is 0 Å². The Morgan fingerprint density at radius 3 is 2.30 bits per heavy atom. The first kappa shape index (κ1) is 19.4. The van der Waals surface area contributed by atoms with Gasteiger partial charge in [-0.3, -0.25) is 4.90 Å². The topological polar surface area (TPSA) is 65.1 Å². The van der Waals surface area contributed by atoms with Crippen LogP contribution in [0.3, 0.4) is 0 Å². The lowest BCUT2D eigenvalue weighted by molar-refractivity contribution is -0.222. The molecule has 0 amide bonds. The van der Waals surface area contributed by atoms with Gasteiger partial charge in [-0.1, -0.05) is 18.9 Å². The van der Waals surface area contributed by atoms with Crippen LogP contribution in [0.1, 0.15) is 50.7 Å². The van der Waals surface area contributed by atoms with Crippen molar-refractivity contribution in [3.63, 3.8) is 0 Å². The molecule has 2 aliphatic rings. The molecule has 0 N–H and O–H groups in total. The van der Waals surface area contributed by atoms with E-state index < -0.39 is 17.7 Å². The fourth-order valence-corrected chi connectivity index (χ4v) is 3.46. The van der Waals surface area contributed by atoms with Gasteiger partial charge in [0.1, 0.15) is 11.3 Å². The second-order valence-electron chi connectivity index (χ2n) is 7.49. The van der Waals surface area contributed by atoms with Crippen molar-refractivity contribution in [2.24, 2.45) is 0 Å². The Balaban J connectivity index is 1.90. The predicted molar refractivity (Wildman–Crippen MR) is 101 cm³/mol. The number of carbonyl (C=O) groups excluding carboxylic acids is 2. The maximum Gasteiger partial charge on any atom is 0.348 e. The quantitative estimate of drug-likeness (QED) is 0.458. The van der Waals surface area contributed by atoms with Gasteiger partial charge in [-0.05, 0) is 55.3 Å². The number of cyclic esters (lactones) is 2. The van der Waals surface area contributed by atoms with Crippen LogP contribution >= 0.6 is 0 Å². The van der Waals surface area contributed by atoms with Crippen LogP contribution in [0.15, 0.2) is 23.8 Å². The Bertz CT molecular complexity index is 723. The third kappa shape index (κ3) is 4.89. The van der Waals surface area contributed by atoms with E-state index in [1.54, 1.807) is 13.2 Å². The monoisotopic (exact) mass is 373 g/mol. The summed E-state index contributed by atoms with van der Waals surface area (Å²) in [6.07, 6.45) is 6.47. The number of carbonyl (C=O) groups is 2. The molecule has 2 saturated heterocycles. The standard InChI is InChI=1S/C21H27NO5/c1-21(2)26-19(23)18(20(24)27-21)13-15-8-9-17(25-3)12-16(15)14-22-10-6-4-5-7-11-22/h8-9,12-13H,4-7,10-11,14H2,1-3H3. The summed E-state index contributed by atoms with van der Waals surface area (Å²) in [5.41, 5.74) is 1.72. The lowest BCUT2D eigenvalue weighted by Gasteiger charge is -2.30. The lowest BCUT2D eigenvalue weighted by atomic mass is 10.0. The van der Waals surface area contributed by atoms with Crippen molar-refractivity contribution in [2.45, 2.75) is 51.9 Å². The molecule has 1 aromatic carbocycles. The highest BCUT2D eigenvalue weighted by Gasteiger charge is 2.39. The van der Waals surface area contributed by atoms with Crippen LogP contribution in [0.2, 0.25) is 0 Å². The molecule has 3 rings (SSSR count). The lowest BCUT2D eigenvalue weighted by Crippen LogP contribution is -2.41. The fraction of sp³-hybridized carbons (Fsp3) is 0.524. The Kier molecular flexibility index (Phi) is 5.85. The van der Waals surface area contributed by atoms with E-state index in [-0.39, 0.29) is 5.57 Å². The van der Waals surface area contributed by atoms with Gasteiger partial charge in [-0.25, -0.2) is 9.59 Å². The van der Waals surface area contributed by atoms with Crippen molar-refractivity contribution >= 4 is 18.0 Å². The smallest absolute Gasteiger partial charge is 0.348 e. The SMILES string of the molecule is COc1ccc(C=C2C(=O)OC(C)(C)OC2=O)c(CN2CCCCCC2)c1.